The van der Waals surface area contributed by atoms with Gasteiger partial charge in [-0.3, -0.25) is 9.78 Å². The first kappa shape index (κ1) is 26.1. The van der Waals surface area contributed by atoms with Crippen molar-refractivity contribution in [2.45, 2.75) is 96.3 Å². The van der Waals surface area contributed by atoms with Crippen LogP contribution in [0.4, 0.5) is 5.13 Å². The molecule has 3 aromatic rings. The van der Waals surface area contributed by atoms with Crippen LogP contribution in [0.5, 0.6) is 0 Å². The van der Waals surface area contributed by atoms with Crippen molar-refractivity contribution in [2.24, 2.45) is 0 Å². The summed E-state index contributed by atoms with van der Waals surface area (Å²) >= 11 is 1.40. The zero-order valence-corrected chi connectivity index (χ0v) is 21.3. The Labute approximate surface area is 208 Å². The van der Waals surface area contributed by atoms with Gasteiger partial charge in [-0.05, 0) is 24.6 Å². The van der Waals surface area contributed by atoms with E-state index in [-0.39, 0.29) is 11.7 Å². The van der Waals surface area contributed by atoms with Gasteiger partial charge < -0.3 is 10.2 Å². The molecule has 0 saturated carbocycles. The summed E-state index contributed by atoms with van der Waals surface area (Å²) in [6.45, 7) is 2.27. The summed E-state index contributed by atoms with van der Waals surface area (Å²) in [6.07, 6.45) is 21.3. The molecule has 1 atom stereocenters. The fourth-order valence-electron chi connectivity index (χ4n) is 4.45. The third-order valence-corrected chi connectivity index (χ3v) is 7.36. The van der Waals surface area contributed by atoms with Crippen molar-refractivity contribution in [3.05, 3.63) is 53.6 Å². The van der Waals surface area contributed by atoms with Crippen molar-refractivity contribution in [1.29, 1.82) is 0 Å². The lowest BCUT2D eigenvalue weighted by molar-refractivity contribution is 0.0950. The minimum atomic E-state index is -0.294. The van der Waals surface area contributed by atoms with E-state index in [0.29, 0.717) is 10.8 Å². The maximum atomic E-state index is 13.5. The summed E-state index contributed by atoms with van der Waals surface area (Å²) in [4.78, 5) is 23.2. The predicted octanol–water partition coefficient (Wildman–Crippen LogP) is 8.44. The van der Waals surface area contributed by atoms with E-state index >= 15 is 0 Å². The summed E-state index contributed by atoms with van der Waals surface area (Å²) in [7, 11) is 0. The highest BCUT2D eigenvalue weighted by atomic mass is 32.1. The van der Waals surface area contributed by atoms with Gasteiger partial charge in [0.25, 0.3) is 0 Å². The number of thiazole rings is 1. The fraction of sp³-hybridized carbons (Fsp3) is 0.536. The van der Waals surface area contributed by atoms with E-state index in [2.05, 4.69) is 16.9 Å². The first-order valence-electron chi connectivity index (χ1n) is 12.9. The molecule has 2 N–H and O–H groups in total. The fourth-order valence-corrected chi connectivity index (χ4v) is 5.44. The summed E-state index contributed by atoms with van der Waals surface area (Å²) in [5.41, 5.74) is 8.19. The van der Waals surface area contributed by atoms with Crippen molar-refractivity contribution in [1.82, 2.24) is 9.97 Å². The number of hydrogen-bond acceptors (Lipinski definition) is 6. The SMILES string of the molecule is CCCCCCCCCCCCCCC(C(=O)c1ccccn1)c1sc(N)nc1-c1ccoc1. The minimum absolute atomic E-state index is 0.0390. The van der Waals surface area contributed by atoms with Crippen LogP contribution in [0.25, 0.3) is 11.3 Å². The number of furan rings is 1. The van der Waals surface area contributed by atoms with E-state index in [9.17, 15) is 4.79 Å². The van der Waals surface area contributed by atoms with Gasteiger partial charge in [0.1, 0.15) is 5.69 Å². The zero-order chi connectivity index (χ0) is 24.0. The van der Waals surface area contributed by atoms with Gasteiger partial charge in [0.2, 0.25) is 0 Å². The number of ketones is 1. The van der Waals surface area contributed by atoms with Crippen molar-refractivity contribution < 1.29 is 9.21 Å². The van der Waals surface area contributed by atoms with Crippen LogP contribution in [0.15, 0.2) is 47.4 Å². The smallest absolute Gasteiger partial charge is 0.189 e. The third-order valence-electron chi connectivity index (χ3n) is 6.36. The molecule has 0 aliphatic carbocycles. The van der Waals surface area contributed by atoms with Crippen LogP contribution < -0.4 is 5.73 Å². The summed E-state index contributed by atoms with van der Waals surface area (Å²) in [5.74, 6) is -0.255. The average molecular weight is 482 g/mol. The monoisotopic (exact) mass is 481 g/mol. The van der Waals surface area contributed by atoms with E-state index < -0.39 is 0 Å². The second kappa shape index (κ2) is 14.7. The highest BCUT2D eigenvalue weighted by molar-refractivity contribution is 7.16. The summed E-state index contributed by atoms with van der Waals surface area (Å²) in [6, 6.07) is 7.35. The van der Waals surface area contributed by atoms with E-state index in [1.807, 2.05) is 18.2 Å². The molecule has 3 aromatic heterocycles. The Morgan fingerprint density at radius 3 is 2.24 bits per heavy atom. The van der Waals surface area contributed by atoms with Crippen LogP contribution in [0.1, 0.15) is 112 Å². The molecule has 1 unspecified atom stereocenters. The normalized spacial score (nSPS) is 12.1. The third kappa shape index (κ3) is 8.08. The van der Waals surface area contributed by atoms with Gasteiger partial charge in [-0.25, -0.2) is 4.98 Å². The lowest BCUT2D eigenvalue weighted by Gasteiger charge is -2.15. The number of carbonyl (C=O) groups is 1. The van der Waals surface area contributed by atoms with Crippen LogP contribution in [0, 0.1) is 0 Å². The number of anilines is 1. The number of Topliss-reactive ketones (excluding diaryl/α,β-unsaturated/α-hetero) is 1. The molecule has 0 aliphatic rings. The van der Waals surface area contributed by atoms with Crippen LogP contribution in [-0.2, 0) is 0 Å². The van der Waals surface area contributed by atoms with Crippen molar-refractivity contribution in [2.75, 3.05) is 5.73 Å². The number of carbonyl (C=O) groups excluding carboxylic acids is 1. The topological polar surface area (TPSA) is 82.0 Å². The highest BCUT2D eigenvalue weighted by Crippen LogP contribution is 2.39. The molecule has 0 aliphatic heterocycles. The number of pyridine rings is 1. The molecule has 34 heavy (non-hydrogen) atoms. The Hall–Kier alpha value is -2.47. The van der Waals surface area contributed by atoms with Gasteiger partial charge in [-0.15, -0.1) is 11.3 Å². The average Bonchev–Trinajstić information content (AvgIpc) is 3.52. The second-order valence-corrected chi connectivity index (χ2v) is 10.1. The van der Waals surface area contributed by atoms with Crippen LogP contribution in [0.2, 0.25) is 0 Å². The first-order chi connectivity index (χ1) is 16.7. The molecule has 0 spiro atoms. The molecule has 6 heteroatoms. The Morgan fingerprint density at radius 1 is 0.971 bits per heavy atom. The number of unbranched alkanes of at least 4 members (excludes halogenated alkanes) is 11. The summed E-state index contributed by atoms with van der Waals surface area (Å²) in [5, 5.41) is 0.472. The lowest BCUT2D eigenvalue weighted by Crippen LogP contribution is -2.14. The number of nitrogens with two attached hydrogens (primary N) is 1. The minimum Gasteiger partial charge on any atom is -0.472 e. The Kier molecular flexibility index (Phi) is 11.3. The van der Waals surface area contributed by atoms with Gasteiger partial charge in [-0.1, -0.05) is 90.0 Å². The standard InChI is InChI=1S/C28H39N3O2S/c1-2-3-4-5-6-7-8-9-10-11-12-13-16-23(26(32)24-17-14-15-19-30-24)27-25(31-28(29)34-27)22-18-20-33-21-22/h14-15,17-21,23H,2-13,16H2,1H3,(H2,29,31). The zero-order valence-electron chi connectivity index (χ0n) is 20.5. The molecule has 3 heterocycles. The van der Waals surface area contributed by atoms with Crippen molar-refractivity contribution >= 4 is 22.3 Å². The molecule has 184 valence electrons. The Morgan fingerprint density at radius 2 is 1.65 bits per heavy atom. The van der Waals surface area contributed by atoms with E-state index in [1.54, 1.807) is 24.8 Å². The molecule has 5 nitrogen and oxygen atoms in total. The van der Waals surface area contributed by atoms with Gasteiger partial charge >= 0.3 is 0 Å². The largest absolute Gasteiger partial charge is 0.472 e. The van der Waals surface area contributed by atoms with E-state index in [4.69, 9.17) is 10.2 Å². The highest BCUT2D eigenvalue weighted by Gasteiger charge is 2.28. The molecule has 0 fully saturated rings. The number of hydrogen-bond donors (Lipinski definition) is 1. The maximum absolute atomic E-state index is 13.5. The Bertz CT molecular complexity index is 953. The molecular weight excluding hydrogens is 442 g/mol. The van der Waals surface area contributed by atoms with Crippen molar-refractivity contribution in [3.63, 3.8) is 0 Å². The van der Waals surface area contributed by atoms with E-state index in [1.165, 1.54) is 75.5 Å². The van der Waals surface area contributed by atoms with Crippen LogP contribution in [0.3, 0.4) is 0 Å². The van der Waals surface area contributed by atoms with Gasteiger partial charge in [0.15, 0.2) is 10.9 Å². The van der Waals surface area contributed by atoms with Crippen LogP contribution in [-0.4, -0.2) is 15.8 Å². The molecule has 0 aromatic carbocycles. The maximum Gasteiger partial charge on any atom is 0.189 e. The molecule has 3 rings (SSSR count). The van der Waals surface area contributed by atoms with Gasteiger partial charge in [-0.2, -0.15) is 0 Å². The lowest BCUT2D eigenvalue weighted by atomic mass is 9.91. The molecular formula is C28H39N3O2S. The molecule has 0 radical (unpaired) electrons. The predicted molar refractivity (Wildman–Crippen MR) is 141 cm³/mol. The van der Waals surface area contributed by atoms with Crippen molar-refractivity contribution in [3.8, 4) is 11.3 Å². The first-order valence-corrected chi connectivity index (χ1v) is 13.8. The Balaban J connectivity index is 1.52. The second-order valence-electron chi connectivity index (χ2n) is 9.09. The van der Waals surface area contributed by atoms with Crippen LogP contribution >= 0.6 is 11.3 Å². The number of rotatable bonds is 17. The molecule has 0 saturated heterocycles. The van der Waals surface area contributed by atoms with E-state index in [0.717, 1.165) is 35.4 Å². The van der Waals surface area contributed by atoms with Gasteiger partial charge in [0.05, 0.1) is 24.1 Å². The molecule has 0 amide bonds. The van der Waals surface area contributed by atoms with Gasteiger partial charge in [0, 0.05) is 16.6 Å². The summed E-state index contributed by atoms with van der Waals surface area (Å²) < 4.78 is 5.26. The number of aromatic nitrogens is 2. The molecule has 0 bridgehead atoms. The number of nitrogen functional groups attached to an aromatic ring is 1. The quantitative estimate of drug-likeness (QED) is 0.154. The number of nitrogens with zero attached hydrogens (tertiary/aromatic N) is 2.